The summed E-state index contributed by atoms with van der Waals surface area (Å²) in [6.07, 6.45) is 4.34. The largest absolute Gasteiger partial charge is 0.444 e. The quantitative estimate of drug-likeness (QED) is 0.616. The molecule has 0 aromatic rings. The van der Waals surface area contributed by atoms with Gasteiger partial charge in [0.05, 0.1) is 12.8 Å². The van der Waals surface area contributed by atoms with E-state index in [9.17, 15) is 0 Å². The Morgan fingerprint density at radius 2 is 2.07 bits per heavy atom. The highest BCUT2D eigenvalue weighted by Gasteiger charge is 2.47. The van der Waals surface area contributed by atoms with Crippen molar-refractivity contribution in [1.82, 2.24) is 0 Å². The van der Waals surface area contributed by atoms with Crippen LogP contribution in [0, 0.1) is 11.8 Å². The van der Waals surface area contributed by atoms with Gasteiger partial charge in [0, 0.05) is 13.8 Å². The molecule has 2 nitrogen and oxygen atoms in total. The van der Waals surface area contributed by atoms with Gasteiger partial charge in [-0.3, -0.25) is 0 Å². The Kier molecular flexibility index (Phi) is 2.32. The second-order valence-electron chi connectivity index (χ2n) is 5.58. The van der Waals surface area contributed by atoms with Gasteiger partial charge in [-0.2, -0.15) is 0 Å². The summed E-state index contributed by atoms with van der Waals surface area (Å²) in [6.45, 7) is 8.97. The van der Waals surface area contributed by atoms with Gasteiger partial charge in [-0.1, -0.05) is 6.92 Å². The van der Waals surface area contributed by atoms with Crippen LogP contribution in [0.5, 0.6) is 0 Å². The summed E-state index contributed by atoms with van der Waals surface area (Å²) in [7, 11) is 0. The first kappa shape index (κ1) is 10.0. The minimum absolute atomic E-state index is 0.215. The van der Waals surface area contributed by atoms with E-state index in [0.29, 0.717) is 12.0 Å². The molecule has 0 amide bonds. The maximum absolute atomic E-state index is 5.90. The number of ether oxygens (including phenoxy) is 1. The topological polar surface area (TPSA) is 23.2 Å². The van der Waals surface area contributed by atoms with Crippen LogP contribution >= 0.6 is 0 Å². The lowest BCUT2D eigenvalue weighted by molar-refractivity contribution is -0.581. The van der Waals surface area contributed by atoms with Crippen LogP contribution in [0.1, 0.15) is 47.0 Å². The number of fused-ring (bicyclic) bond motifs is 1. The third-order valence-electron chi connectivity index (χ3n) is 3.81. The van der Waals surface area contributed by atoms with Crippen molar-refractivity contribution in [3.8, 4) is 0 Å². The Bertz CT molecular complexity index is 257. The van der Waals surface area contributed by atoms with Crippen molar-refractivity contribution in [2.75, 3.05) is 0 Å². The first-order valence-electron chi connectivity index (χ1n) is 5.77. The summed E-state index contributed by atoms with van der Waals surface area (Å²) < 4.78 is 5.90. The SMILES string of the molecule is CC1=[NH+]C(C)(C)C2CCC(C)CC2O1. The number of nitrogens with one attached hydrogen (secondary N) is 1. The summed E-state index contributed by atoms with van der Waals surface area (Å²) in [6, 6.07) is 0. The minimum atomic E-state index is 0.215. The van der Waals surface area contributed by atoms with Gasteiger partial charge >= 0.3 is 5.90 Å². The second-order valence-corrected chi connectivity index (χ2v) is 5.58. The molecule has 2 rings (SSSR count). The van der Waals surface area contributed by atoms with E-state index in [0.717, 1.165) is 11.8 Å². The van der Waals surface area contributed by atoms with Crippen LogP contribution in [0.3, 0.4) is 0 Å². The highest BCUT2D eigenvalue weighted by Crippen LogP contribution is 2.36. The maximum Gasteiger partial charge on any atom is 0.332 e. The predicted octanol–water partition coefficient (Wildman–Crippen LogP) is 1.10. The van der Waals surface area contributed by atoms with Gasteiger partial charge in [0.2, 0.25) is 0 Å². The van der Waals surface area contributed by atoms with Crippen molar-refractivity contribution in [1.29, 1.82) is 0 Å². The van der Waals surface area contributed by atoms with E-state index in [1.165, 1.54) is 19.3 Å². The molecule has 0 aromatic heterocycles. The van der Waals surface area contributed by atoms with Crippen LogP contribution in [-0.2, 0) is 4.74 Å². The van der Waals surface area contributed by atoms with Gasteiger partial charge in [-0.15, -0.1) is 0 Å². The normalized spacial score (nSPS) is 40.9. The summed E-state index contributed by atoms with van der Waals surface area (Å²) in [5.41, 5.74) is 0.215. The van der Waals surface area contributed by atoms with Crippen molar-refractivity contribution in [2.24, 2.45) is 11.8 Å². The van der Waals surface area contributed by atoms with E-state index >= 15 is 0 Å². The summed E-state index contributed by atoms with van der Waals surface area (Å²) >= 11 is 0. The van der Waals surface area contributed by atoms with E-state index in [-0.39, 0.29) is 5.54 Å². The highest BCUT2D eigenvalue weighted by atomic mass is 16.5. The van der Waals surface area contributed by atoms with Crippen LogP contribution in [0.25, 0.3) is 0 Å². The van der Waals surface area contributed by atoms with Gasteiger partial charge in [0.15, 0.2) is 5.54 Å². The standard InChI is InChI=1S/C12H21NO/c1-8-5-6-10-11(7-8)14-9(2)13-12(10,3)4/h8,10-11H,5-7H2,1-4H3/p+1. The average molecular weight is 196 g/mol. The number of hydrogen-bond acceptors (Lipinski definition) is 1. The first-order chi connectivity index (χ1) is 6.49. The Hall–Kier alpha value is -0.530. The van der Waals surface area contributed by atoms with Crippen molar-refractivity contribution in [3.05, 3.63) is 0 Å². The smallest absolute Gasteiger partial charge is 0.332 e. The summed E-state index contributed by atoms with van der Waals surface area (Å²) in [5.74, 6) is 2.52. The Morgan fingerprint density at radius 1 is 1.36 bits per heavy atom. The van der Waals surface area contributed by atoms with E-state index in [2.05, 4.69) is 25.8 Å². The van der Waals surface area contributed by atoms with Crippen LogP contribution < -0.4 is 4.99 Å². The Balaban J connectivity index is 2.21. The molecule has 1 N–H and O–H groups in total. The third-order valence-corrected chi connectivity index (χ3v) is 3.81. The van der Waals surface area contributed by atoms with Crippen LogP contribution in [0.2, 0.25) is 0 Å². The van der Waals surface area contributed by atoms with Crippen molar-refractivity contribution >= 4 is 5.90 Å². The molecule has 14 heavy (non-hydrogen) atoms. The van der Waals surface area contributed by atoms with Gasteiger partial charge in [0.25, 0.3) is 0 Å². The zero-order valence-corrected chi connectivity index (χ0v) is 9.76. The van der Waals surface area contributed by atoms with Gasteiger partial charge in [-0.25, -0.2) is 4.99 Å². The van der Waals surface area contributed by atoms with Gasteiger partial charge < -0.3 is 4.74 Å². The molecule has 1 heterocycles. The summed E-state index contributed by atoms with van der Waals surface area (Å²) in [5, 5.41) is 0. The zero-order valence-electron chi connectivity index (χ0n) is 9.76. The minimum Gasteiger partial charge on any atom is -0.444 e. The molecule has 1 fully saturated rings. The molecule has 1 aliphatic heterocycles. The maximum atomic E-state index is 5.90. The molecule has 3 atom stereocenters. The molecular formula is C12H22NO+. The lowest BCUT2D eigenvalue weighted by atomic mass is 9.71. The molecular weight excluding hydrogens is 174 g/mol. The highest BCUT2D eigenvalue weighted by molar-refractivity contribution is 5.67. The second kappa shape index (κ2) is 3.25. The molecule has 2 aliphatic rings. The van der Waals surface area contributed by atoms with Crippen molar-refractivity contribution < 1.29 is 9.73 Å². The predicted molar refractivity (Wildman–Crippen MR) is 57.1 cm³/mol. The van der Waals surface area contributed by atoms with E-state index in [4.69, 9.17) is 4.74 Å². The fourth-order valence-electron chi connectivity index (χ4n) is 3.09. The third kappa shape index (κ3) is 1.67. The van der Waals surface area contributed by atoms with Crippen molar-refractivity contribution in [3.63, 3.8) is 0 Å². The lowest BCUT2D eigenvalue weighted by Crippen LogP contribution is -2.91. The molecule has 3 unspecified atom stereocenters. The molecule has 1 saturated carbocycles. The monoisotopic (exact) mass is 196 g/mol. The van der Waals surface area contributed by atoms with E-state index < -0.39 is 0 Å². The molecule has 0 spiro atoms. The molecule has 1 aliphatic carbocycles. The molecule has 0 radical (unpaired) electrons. The number of rotatable bonds is 0. The Morgan fingerprint density at radius 3 is 2.79 bits per heavy atom. The Labute approximate surface area is 86.8 Å². The molecule has 0 aromatic carbocycles. The van der Waals surface area contributed by atoms with Crippen LogP contribution in [-0.4, -0.2) is 17.5 Å². The zero-order chi connectivity index (χ0) is 10.3. The number of hydrogen-bond donors (Lipinski definition) is 1. The fraction of sp³-hybridized carbons (Fsp3) is 0.917. The van der Waals surface area contributed by atoms with Gasteiger partial charge in [-0.05, 0) is 25.2 Å². The van der Waals surface area contributed by atoms with Crippen molar-refractivity contribution in [2.45, 2.75) is 58.6 Å². The average Bonchev–Trinajstić information content (AvgIpc) is 2.00. The molecule has 0 bridgehead atoms. The lowest BCUT2D eigenvalue weighted by Gasteiger charge is -2.41. The summed E-state index contributed by atoms with van der Waals surface area (Å²) in [4.78, 5) is 3.46. The van der Waals surface area contributed by atoms with Crippen LogP contribution in [0.4, 0.5) is 0 Å². The van der Waals surface area contributed by atoms with E-state index in [1.807, 2.05) is 6.92 Å². The molecule has 0 saturated heterocycles. The molecule has 2 heteroatoms. The van der Waals surface area contributed by atoms with E-state index in [1.54, 1.807) is 0 Å². The first-order valence-corrected chi connectivity index (χ1v) is 5.77. The van der Waals surface area contributed by atoms with Gasteiger partial charge in [0.1, 0.15) is 6.10 Å². The fourth-order valence-corrected chi connectivity index (χ4v) is 3.09. The van der Waals surface area contributed by atoms with Crippen LogP contribution in [0.15, 0.2) is 0 Å². The molecule has 80 valence electrons.